The maximum absolute atomic E-state index is 12.3. The molecule has 2 aromatic rings. The maximum Gasteiger partial charge on any atom is 1.00 e. The molecule has 3 rings (SSSR count). The first-order chi connectivity index (χ1) is 9.39. The van der Waals surface area contributed by atoms with E-state index in [4.69, 9.17) is 4.55 Å². The summed E-state index contributed by atoms with van der Waals surface area (Å²) >= 11 is 0. The van der Waals surface area contributed by atoms with E-state index in [2.05, 4.69) is 0 Å². The summed E-state index contributed by atoms with van der Waals surface area (Å²) in [6.07, 6.45) is 0. The van der Waals surface area contributed by atoms with Crippen molar-refractivity contribution >= 4 is 21.7 Å². The molecule has 1 aliphatic rings. The summed E-state index contributed by atoms with van der Waals surface area (Å²) in [6, 6.07) is 9.72. The molecule has 6 nitrogen and oxygen atoms in total. The molecule has 110 valence electrons. The molecular weight excluding hydrogens is 319 g/mol. The van der Waals surface area contributed by atoms with Gasteiger partial charge in [0.05, 0.1) is 4.90 Å². The Morgan fingerprint density at radius 3 is 1.77 bits per heavy atom. The van der Waals surface area contributed by atoms with Gasteiger partial charge < -0.3 is 6.90 Å². The fourth-order valence-corrected chi connectivity index (χ4v) is 2.75. The molecule has 0 saturated heterocycles. The molecular formula is C14H11NaO6S. The second-order valence-corrected chi connectivity index (χ2v) is 5.81. The topological polar surface area (TPSA) is 120 Å². The van der Waals surface area contributed by atoms with E-state index in [1.165, 1.54) is 12.1 Å². The molecule has 0 aromatic heterocycles. The zero-order valence-corrected chi connectivity index (χ0v) is 14.3. The largest absolute Gasteiger partial charge is 1.00 e. The molecule has 0 unspecified atom stereocenters. The second kappa shape index (κ2) is 6.41. The minimum absolute atomic E-state index is 0. The SMILES string of the molecule is O.O=C1c2ccccc2C(=O)c2cc(S(=O)(=O)O)ccc21.[H-].[Na+]. The third kappa shape index (κ3) is 2.91. The van der Waals surface area contributed by atoms with Gasteiger partial charge in [0.15, 0.2) is 11.6 Å². The standard InChI is InChI=1S/C14H8O5S.Na.H2O.H/c15-13-9-3-1-2-4-10(9)14(16)12-7-8(20(17,18)19)5-6-11(12)13;;;/h1-7H,(H,17,18,19);;1H2;/q;+1;;-1. The Morgan fingerprint density at radius 1 is 0.818 bits per heavy atom. The molecule has 0 radical (unpaired) electrons. The molecule has 0 saturated carbocycles. The van der Waals surface area contributed by atoms with E-state index in [-0.39, 0.29) is 58.9 Å². The van der Waals surface area contributed by atoms with E-state index >= 15 is 0 Å². The van der Waals surface area contributed by atoms with Gasteiger partial charge in [-0.3, -0.25) is 14.1 Å². The normalized spacial score (nSPS) is 12.6. The summed E-state index contributed by atoms with van der Waals surface area (Å²) in [5.41, 5.74) is 0.659. The van der Waals surface area contributed by atoms with Crippen molar-refractivity contribution < 1.29 is 59.0 Å². The van der Waals surface area contributed by atoms with Crippen molar-refractivity contribution in [2.24, 2.45) is 0 Å². The Kier molecular flexibility index (Phi) is 5.45. The number of carbonyl (C=O) groups excluding carboxylic acids is 2. The molecule has 2 aromatic carbocycles. The Bertz CT molecular complexity index is 879. The monoisotopic (exact) mass is 330 g/mol. The van der Waals surface area contributed by atoms with Crippen LogP contribution < -0.4 is 29.6 Å². The minimum atomic E-state index is -4.42. The van der Waals surface area contributed by atoms with Gasteiger partial charge in [-0.2, -0.15) is 8.42 Å². The van der Waals surface area contributed by atoms with Crippen molar-refractivity contribution in [2.75, 3.05) is 0 Å². The zero-order chi connectivity index (χ0) is 14.5. The number of ketones is 2. The second-order valence-electron chi connectivity index (χ2n) is 4.39. The van der Waals surface area contributed by atoms with Crippen molar-refractivity contribution in [3.05, 3.63) is 64.7 Å². The minimum Gasteiger partial charge on any atom is -1.00 e. The number of carbonyl (C=O) groups is 2. The van der Waals surface area contributed by atoms with Crippen LogP contribution in [0.1, 0.15) is 33.3 Å². The van der Waals surface area contributed by atoms with Crippen molar-refractivity contribution in [3.8, 4) is 0 Å². The van der Waals surface area contributed by atoms with Crippen LogP contribution in [0.2, 0.25) is 0 Å². The van der Waals surface area contributed by atoms with E-state index in [0.29, 0.717) is 5.56 Å². The molecule has 8 heteroatoms. The van der Waals surface area contributed by atoms with Gasteiger partial charge in [0.1, 0.15) is 0 Å². The number of hydrogen-bond donors (Lipinski definition) is 1. The zero-order valence-electron chi connectivity index (χ0n) is 12.5. The molecule has 0 heterocycles. The Morgan fingerprint density at radius 2 is 1.27 bits per heavy atom. The summed E-state index contributed by atoms with van der Waals surface area (Å²) in [6.45, 7) is 0. The first-order valence-electron chi connectivity index (χ1n) is 5.69. The van der Waals surface area contributed by atoms with Gasteiger partial charge in [-0.15, -0.1) is 0 Å². The number of hydrogen-bond acceptors (Lipinski definition) is 4. The average Bonchev–Trinajstić information content (AvgIpc) is 2.43. The van der Waals surface area contributed by atoms with Gasteiger partial charge in [-0.1, -0.05) is 24.3 Å². The predicted molar refractivity (Wildman–Crippen MR) is 74.3 cm³/mol. The van der Waals surface area contributed by atoms with Crippen molar-refractivity contribution in [2.45, 2.75) is 4.90 Å². The summed E-state index contributed by atoms with van der Waals surface area (Å²) in [5.74, 6) is -0.766. The van der Waals surface area contributed by atoms with Crippen LogP contribution in [0.4, 0.5) is 0 Å². The Balaban J connectivity index is 0.00000161. The van der Waals surface area contributed by atoms with Crippen LogP contribution in [0, 0.1) is 0 Å². The molecule has 0 aliphatic heterocycles. The van der Waals surface area contributed by atoms with Gasteiger partial charge in [0.2, 0.25) is 0 Å². The summed E-state index contributed by atoms with van der Waals surface area (Å²) in [7, 11) is -4.42. The van der Waals surface area contributed by atoms with Crippen molar-refractivity contribution in [3.63, 3.8) is 0 Å². The van der Waals surface area contributed by atoms with E-state index in [9.17, 15) is 18.0 Å². The number of rotatable bonds is 1. The molecule has 0 fully saturated rings. The van der Waals surface area contributed by atoms with E-state index in [1.807, 2.05) is 0 Å². The van der Waals surface area contributed by atoms with Crippen LogP contribution in [0.3, 0.4) is 0 Å². The smallest absolute Gasteiger partial charge is 1.00 e. The third-order valence-electron chi connectivity index (χ3n) is 3.19. The molecule has 1 aliphatic carbocycles. The third-order valence-corrected chi connectivity index (χ3v) is 4.04. The molecule has 22 heavy (non-hydrogen) atoms. The van der Waals surface area contributed by atoms with Crippen molar-refractivity contribution in [1.29, 1.82) is 0 Å². The molecule has 0 spiro atoms. The first-order valence-corrected chi connectivity index (χ1v) is 7.13. The van der Waals surface area contributed by atoms with Crippen LogP contribution in [-0.2, 0) is 10.1 Å². The van der Waals surface area contributed by atoms with Crippen LogP contribution in [0.5, 0.6) is 0 Å². The van der Waals surface area contributed by atoms with E-state index < -0.39 is 20.8 Å². The summed E-state index contributed by atoms with van der Waals surface area (Å²) in [4.78, 5) is 24.1. The van der Waals surface area contributed by atoms with Gasteiger partial charge in [-0.25, -0.2) is 0 Å². The maximum atomic E-state index is 12.3. The van der Waals surface area contributed by atoms with Crippen LogP contribution >= 0.6 is 0 Å². The van der Waals surface area contributed by atoms with Gasteiger partial charge in [0, 0.05) is 22.3 Å². The number of benzene rings is 2. The summed E-state index contributed by atoms with van der Waals surface area (Å²) in [5, 5.41) is 0. The Hall–Kier alpha value is -1.35. The van der Waals surface area contributed by atoms with Gasteiger partial charge in [-0.05, 0) is 18.2 Å². The first kappa shape index (κ1) is 18.7. The quantitative estimate of drug-likeness (QED) is 0.409. The Labute approximate surface area is 150 Å². The van der Waals surface area contributed by atoms with Gasteiger partial charge >= 0.3 is 29.6 Å². The predicted octanol–water partition coefficient (Wildman–Crippen LogP) is -2.00. The number of fused-ring (bicyclic) bond motifs is 2. The van der Waals surface area contributed by atoms with Crippen molar-refractivity contribution in [1.82, 2.24) is 0 Å². The fourth-order valence-electron chi connectivity index (χ4n) is 2.24. The van der Waals surface area contributed by atoms with E-state index in [1.54, 1.807) is 18.2 Å². The van der Waals surface area contributed by atoms with Crippen LogP contribution in [0.15, 0.2) is 47.4 Å². The van der Waals surface area contributed by atoms with E-state index in [0.717, 1.165) is 12.1 Å². The summed E-state index contributed by atoms with van der Waals surface area (Å²) < 4.78 is 31.2. The molecule has 0 bridgehead atoms. The molecule has 0 amide bonds. The molecule has 0 atom stereocenters. The average molecular weight is 330 g/mol. The van der Waals surface area contributed by atoms with Crippen LogP contribution in [0.25, 0.3) is 0 Å². The molecule has 3 N–H and O–H groups in total. The van der Waals surface area contributed by atoms with Crippen LogP contribution in [-0.4, -0.2) is 30.0 Å². The van der Waals surface area contributed by atoms with Gasteiger partial charge in [0.25, 0.3) is 10.1 Å². The fraction of sp³-hybridized carbons (Fsp3) is 0.